The molecule has 0 aliphatic heterocycles. The summed E-state index contributed by atoms with van der Waals surface area (Å²) < 4.78 is 13.7. The Labute approximate surface area is 98.6 Å². The van der Waals surface area contributed by atoms with E-state index in [1.807, 2.05) is 36.4 Å². The third kappa shape index (κ3) is 1.68. The molecule has 0 aliphatic rings. The molecular weight excluding hydrogens is 213 g/mol. The van der Waals surface area contributed by atoms with Crippen LogP contribution in [0.5, 0.6) is 0 Å². The second-order valence-electron chi connectivity index (χ2n) is 3.86. The fourth-order valence-electron chi connectivity index (χ4n) is 1.99. The molecule has 3 rings (SSSR count). The van der Waals surface area contributed by atoms with Crippen LogP contribution in [0, 0.1) is 5.82 Å². The Hall–Kier alpha value is -2.22. The lowest BCUT2D eigenvalue weighted by Gasteiger charge is -2.05. The molecule has 0 bridgehead atoms. The standard InChI is InChI=1S/C15H10FN/c16-14-8-4-7-13-12(14)9-10-17-15(13)11-5-2-1-3-6-11/h1-10H. The minimum atomic E-state index is -0.206. The molecule has 0 spiro atoms. The number of benzene rings is 2. The van der Waals surface area contributed by atoms with Gasteiger partial charge in [0.15, 0.2) is 0 Å². The predicted molar refractivity (Wildman–Crippen MR) is 67.1 cm³/mol. The van der Waals surface area contributed by atoms with E-state index in [0.29, 0.717) is 5.39 Å². The van der Waals surface area contributed by atoms with Crippen LogP contribution in [-0.2, 0) is 0 Å². The van der Waals surface area contributed by atoms with Crippen molar-refractivity contribution in [3.63, 3.8) is 0 Å². The minimum absolute atomic E-state index is 0.206. The fraction of sp³-hybridized carbons (Fsp3) is 0. The fourth-order valence-corrected chi connectivity index (χ4v) is 1.99. The van der Waals surface area contributed by atoms with E-state index in [4.69, 9.17) is 0 Å². The van der Waals surface area contributed by atoms with Crippen LogP contribution in [0.1, 0.15) is 0 Å². The largest absolute Gasteiger partial charge is 0.256 e. The molecule has 0 aliphatic carbocycles. The van der Waals surface area contributed by atoms with Crippen molar-refractivity contribution in [1.29, 1.82) is 0 Å². The molecule has 1 aromatic heterocycles. The molecule has 1 heterocycles. The third-order valence-corrected chi connectivity index (χ3v) is 2.80. The lowest BCUT2D eigenvalue weighted by Crippen LogP contribution is -1.87. The smallest absolute Gasteiger partial charge is 0.131 e. The van der Waals surface area contributed by atoms with E-state index in [9.17, 15) is 4.39 Å². The van der Waals surface area contributed by atoms with Gasteiger partial charge in [-0.1, -0.05) is 42.5 Å². The Kier molecular flexibility index (Phi) is 2.33. The van der Waals surface area contributed by atoms with Crippen molar-refractivity contribution in [2.24, 2.45) is 0 Å². The van der Waals surface area contributed by atoms with Crippen molar-refractivity contribution in [2.75, 3.05) is 0 Å². The number of halogens is 1. The number of aromatic nitrogens is 1. The number of nitrogens with zero attached hydrogens (tertiary/aromatic N) is 1. The number of hydrogen-bond donors (Lipinski definition) is 0. The van der Waals surface area contributed by atoms with Crippen LogP contribution in [0.2, 0.25) is 0 Å². The van der Waals surface area contributed by atoms with Gasteiger partial charge in [0.2, 0.25) is 0 Å². The van der Waals surface area contributed by atoms with Crippen LogP contribution in [0.4, 0.5) is 4.39 Å². The van der Waals surface area contributed by atoms with E-state index in [1.54, 1.807) is 18.3 Å². The SMILES string of the molecule is Fc1cccc2c(-c3ccccc3)nccc12. The van der Waals surface area contributed by atoms with Gasteiger partial charge in [0, 0.05) is 22.5 Å². The highest BCUT2D eigenvalue weighted by atomic mass is 19.1. The van der Waals surface area contributed by atoms with Gasteiger partial charge in [0.25, 0.3) is 0 Å². The Morgan fingerprint density at radius 2 is 1.59 bits per heavy atom. The van der Waals surface area contributed by atoms with Crippen LogP contribution in [-0.4, -0.2) is 4.98 Å². The van der Waals surface area contributed by atoms with Gasteiger partial charge >= 0.3 is 0 Å². The lowest BCUT2D eigenvalue weighted by molar-refractivity contribution is 0.640. The Bertz CT molecular complexity index is 662. The molecule has 0 saturated heterocycles. The van der Waals surface area contributed by atoms with Crippen LogP contribution in [0.3, 0.4) is 0 Å². The van der Waals surface area contributed by atoms with E-state index in [1.165, 1.54) is 6.07 Å². The summed E-state index contributed by atoms with van der Waals surface area (Å²) in [5, 5.41) is 1.46. The minimum Gasteiger partial charge on any atom is -0.256 e. The second kappa shape index (κ2) is 3.98. The average molecular weight is 223 g/mol. The summed E-state index contributed by atoms with van der Waals surface area (Å²) in [6, 6.07) is 16.6. The first kappa shape index (κ1) is 9.97. The molecule has 1 nitrogen and oxygen atoms in total. The molecule has 2 heteroatoms. The van der Waals surface area contributed by atoms with Gasteiger partial charge in [0.1, 0.15) is 5.82 Å². The molecule has 0 saturated carbocycles. The molecular formula is C15H10FN. The lowest BCUT2D eigenvalue weighted by atomic mass is 10.0. The number of pyridine rings is 1. The summed E-state index contributed by atoms with van der Waals surface area (Å²) in [5.74, 6) is -0.206. The maximum absolute atomic E-state index is 13.7. The van der Waals surface area contributed by atoms with E-state index < -0.39 is 0 Å². The van der Waals surface area contributed by atoms with Crippen molar-refractivity contribution in [3.8, 4) is 11.3 Å². The Morgan fingerprint density at radius 1 is 0.765 bits per heavy atom. The highest BCUT2D eigenvalue weighted by Crippen LogP contribution is 2.27. The van der Waals surface area contributed by atoms with Crippen LogP contribution in [0.15, 0.2) is 60.8 Å². The molecule has 17 heavy (non-hydrogen) atoms. The van der Waals surface area contributed by atoms with Crippen molar-refractivity contribution >= 4 is 10.8 Å². The first-order valence-corrected chi connectivity index (χ1v) is 5.45. The second-order valence-corrected chi connectivity index (χ2v) is 3.86. The molecule has 0 unspecified atom stereocenters. The first-order valence-electron chi connectivity index (χ1n) is 5.45. The zero-order valence-corrected chi connectivity index (χ0v) is 9.10. The molecule has 2 aromatic carbocycles. The predicted octanol–water partition coefficient (Wildman–Crippen LogP) is 4.04. The summed E-state index contributed by atoms with van der Waals surface area (Å²) in [5.41, 5.74) is 1.83. The summed E-state index contributed by atoms with van der Waals surface area (Å²) >= 11 is 0. The van der Waals surface area contributed by atoms with E-state index >= 15 is 0 Å². The molecule has 3 aromatic rings. The first-order chi connectivity index (χ1) is 8.36. The highest BCUT2D eigenvalue weighted by molar-refractivity contribution is 5.94. The molecule has 0 radical (unpaired) electrons. The van der Waals surface area contributed by atoms with Crippen molar-refractivity contribution in [3.05, 3.63) is 66.6 Å². The molecule has 0 amide bonds. The molecule has 82 valence electrons. The van der Waals surface area contributed by atoms with Gasteiger partial charge in [-0.3, -0.25) is 4.98 Å². The normalized spacial score (nSPS) is 10.6. The number of rotatable bonds is 1. The topological polar surface area (TPSA) is 12.9 Å². The molecule has 0 fully saturated rings. The average Bonchev–Trinajstić information content (AvgIpc) is 2.40. The van der Waals surface area contributed by atoms with E-state index in [0.717, 1.165) is 16.6 Å². The third-order valence-electron chi connectivity index (χ3n) is 2.80. The van der Waals surface area contributed by atoms with Gasteiger partial charge in [0.05, 0.1) is 5.69 Å². The Balaban J connectivity index is 2.35. The summed E-state index contributed by atoms with van der Waals surface area (Å²) in [4.78, 5) is 4.35. The van der Waals surface area contributed by atoms with Gasteiger partial charge in [-0.05, 0) is 12.1 Å². The van der Waals surface area contributed by atoms with Crippen LogP contribution < -0.4 is 0 Å². The van der Waals surface area contributed by atoms with Crippen molar-refractivity contribution < 1.29 is 4.39 Å². The quantitative estimate of drug-likeness (QED) is 0.606. The maximum Gasteiger partial charge on any atom is 0.131 e. The Morgan fingerprint density at radius 3 is 2.41 bits per heavy atom. The number of hydrogen-bond acceptors (Lipinski definition) is 1. The van der Waals surface area contributed by atoms with Gasteiger partial charge in [-0.2, -0.15) is 0 Å². The summed E-state index contributed by atoms with van der Waals surface area (Å²) in [6.45, 7) is 0. The maximum atomic E-state index is 13.7. The molecule has 0 N–H and O–H groups in total. The van der Waals surface area contributed by atoms with Crippen molar-refractivity contribution in [1.82, 2.24) is 4.98 Å². The zero-order valence-electron chi connectivity index (χ0n) is 9.10. The highest BCUT2D eigenvalue weighted by Gasteiger charge is 2.06. The van der Waals surface area contributed by atoms with Crippen LogP contribution in [0.25, 0.3) is 22.0 Å². The van der Waals surface area contributed by atoms with Gasteiger partial charge < -0.3 is 0 Å². The monoisotopic (exact) mass is 223 g/mol. The zero-order chi connectivity index (χ0) is 11.7. The summed E-state index contributed by atoms with van der Waals surface area (Å²) in [7, 11) is 0. The van der Waals surface area contributed by atoms with E-state index in [-0.39, 0.29) is 5.82 Å². The number of fused-ring (bicyclic) bond motifs is 1. The van der Waals surface area contributed by atoms with Crippen LogP contribution >= 0.6 is 0 Å². The summed E-state index contributed by atoms with van der Waals surface area (Å²) in [6.07, 6.45) is 1.65. The van der Waals surface area contributed by atoms with E-state index in [2.05, 4.69) is 4.98 Å². The van der Waals surface area contributed by atoms with Gasteiger partial charge in [-0.25, -0.2) is 4.39 Å². The molecule has 0 atom stereocenters. The van der Waals surface area contributed by atoms with Gasteiger partial charge in [-0.15, -0.1) is 0 Å². The van der Waals surface area contributed by atoms with Crippen molar-refractivity contribution in [2.45, 2.75) is 0 Å².